The van der Waals surface area contributed by atoms with Crippen molar-refractivity contribution >= 4 is 21.6 Å². The van der Waals surface area contributed by atoms with E-state index in [9.17, 15) is 5.11 Å². The molecule has 0 atom stereocenters. The summed E-state index contributed by atoms with van der Waals surface area (Å²) in [4.78, 5) is 4.20. The molecule has 0 aliphatic heterocycles. The first-order chi connectivity index (χ1) is 6.28. The fourth-order valence-electron chi connectivity index (χ4n) is 1.55. The van der Waals surface area contributed by atoms with Crippen LogP contribution >= 0.6 is 11.3 Å². The molecule has 66 valence electrons. The van der Waals surface area contributed by atoms with E-state index in [4.69, 9.17) is 0 Å². The molecule has 1 aromatic heterocycles. The topological polar surface area (TPSA) is 33.1 Å². The van der Waals surface area contributed by atoms with Gasteiger partial charge in [-0.25, -0.2) is 4.98 Å². The van der Waals surface area contributed by atoms with E-state index in [1.165, 1.54) is 0 Å². The van der Waals surface area contributed by atoms with Crippen LogP contribution in [0.1, 0.15) is 18.4 Å². The predicted octanol–water partition coefficient (Wildman–Crippen LogP) is 2.28. The van der Waals surface area contributed by atoms with Crippen molar-refractivity contribution in [3.63, 3.8) is 0 Å². The van der Waals surface area contributed by atoms with Crippen molar-refractivity contribution < 1.29 is 5.11 Å². The molecule has 13 heavy (non-hydrogen) atoms. The lowest BCUT2D eigenvalue weighted by Gasteiger charge is -2.06. The molecule has 1 aliphatic carbocycles. The molecule has 0 unspecified atom stereocenters. The molecule has 0 saturated heterocycles. The third-order valence-corrected chi connectivity index (χ3v) is 3.38. The zero-order chi connectivity index (χ0) is 8.89. The van der Waals surface area contributed by atoms with Gasteiger partial charge in [0.25, 0.3) is 0 Å². The summed E-state index contributed by atoms with van der Waals surface area (Å²) >= 11 is 1.62. The molecule has 2 nitrogen and oxygen atoms in total. The van der Waals surface area contributed by atoms with Gasteiger partial charge in [-0.1, -0.05) is 6.07 Å². The summed E-state index contributed by atoms with van der Waals surface area (Å²) in [6, 6.07) is 6.02. The van der Waals surface area contributed by atoms with E-state index in [-0.39, 0.29) is 0 Å². The van der Waals surface area contributed by atoms with Crippen LogP contribution in [0, 0.1) is 0 Å². The number of thiazole rings is 1. The molecule has 1 aromatic carbocycles. The van der Waals surface area contributed by atoms with Crippen LogP contribution in [-0.2, 0) is 5.60 Å². The standard InChI is InChI=1S/C10H9NOS/c12-10(3-4-10)7-1-2-8-9(5-7)13-6-11-8/h1-2,5-6,12H,3-4H2. The lowest BCUT2D eigenvalue weighted by atomic mass is 10.1. The predicted molar refractivity (Wildman–Crippen MR) is 52.8 cm³/mol. The van der Waals surface area contributed by atoms with Crippen molar-refractivity contribution in [1.29, 1.82) is 0 Å². The number of aromatic nitrogens is 1. The van der Waals surface area contributed by atoms with E-state index < -0.39 is 5.60 Å². The zero-order valence-electron chi connectivity index (χ0n) is 7.03. The van der Waals surface area contributed by atoms with Crippen LogP contribution in [0.4, 0.5) is 0 Å². The second-order valence-electron chi connectivity index (χ2n) is 3.57. The number of nitrogens with zero attached hydrogens (tertiary/aromatic N) is 1. The highest BCUT2D eigenvalue weighted by Gasteiger charge is 2.42. The molecule has 0 radical (unpaired) electrons. The van der Waals surface area contributed by atoms with Gasteiger partial charge in [0, 0.05) is 0 Å². The van der Waals surface area contributed by atoms with E-state index >= 15 is 0 Å². The molecule has 1 N–H and O–H groups in total. The van der Waals surface area contributed by atoms with Crippen LogP contribution < -0.4 is 0 Å². The summed E-state index contributed by atoms with van der Waals surface area (Å²) in [6.45, 7) is 0. The van der Waals surface area contributed by atoms with Gasteiger partial charge in [-0.3, -0.25) is 0 Å². The minimum Gasteiger partial charge on any atom is -0.385 e. The minimum absolute atomic E-state index is 0.516. The van der Waals surface area contributed by atoms with Crippen LogP contribution in [-0.4, -0.2) is 10.1 Å². The molecule has 1 saturated carbocycles. The van der Waals surface area contributed by atoms with Gasteiger partial charge in [0.2, 0.25) is 0 Å². The fraction of sp³-hybridized carbons (Fsp3) is 0.300. The van der Waals surface area contributed by atoms with Crippen molar-refractivity contribution in [2.45, 2.75) is 18.4 Å². The maximum atomic E-state index is 9.88. The van der Waals surface area contributed by atoms with Crippen molar-refractivity contribution in [2.75, 3.05) is 0 Å². The van der Waals surface area contributed by atoms with Crippen LogP contribution in [0.5, 0.6) is 0 Å². The largest absolute Gasteiger partial charge is 0.385 e. The Hall–Kier alpha value is -0.930. The Bertz CT molecular complexity index is 459. The summed E-state index contributed by atoms with van der Waals surface area (Å²) in [5, 5.41) is 9.88. The number of aliphatic hydroxyl groups is 1. The number of hydrogen-bond donors (Lipinski definition) is 1. The van der Waals surface area contributed by atoms with Crippen LogP contribution in [0.2, 0.25) is 0 Å². The van der Waals surface area contributed by atoms with Crippen molar-refractivity contribution in [2.24, 2.45) is 0 Å². The maximum absolute atomic E-state index is 9.88. The van der Waals surface area contributed by atoms with Crippen molar-refractivity contribution in [1.82, 2.24) is 4.98 Å². The van der Waals surface area contributed by atoms with Crippen LogP contribution in [0.25, 0.3) is 10.2 Å². The highest BCUT2D eigenvalue weighted by Crippen LogP contribution is 2.45. The van der Waals surface area contributed by atoms with E-state index in [0.29, 0.717) is 0 Å². The number of rotatable bonds is 1. The van der Waals surface area contributed by atoms with Crippen LogP contribution in [0.3, 0.4) is 0 Å². The summed E-state index contributed by atoms with van der Waals surface area (Å²) < 4.78 is 1.16. The SMILES string of the molecule is OC1(c2ccc3ncsc3c2)CC1. The van der Waals surface area contributed by atoms with Gasteiger partial charge in [-0.2, -0.15) is 0 Å². The quantitative estimate of drug-likeness (QED) is 0.750. The Morgan fingerprint density at radius 2 is 2.23 bits per heavy atom. The Labute approximate surface area is 79.9 Å². The van der Waals surface area contributed by atoms with E-state index in [1.807, 2.05) is 17.6 Å². The molecular weight excluding hydrogens is 182 g/mol. The third-order valence-electron chi connectivity index (χ3n) is 2.59. The Morgan fingerprint density at radius 3 is 3.00 bits per heavy atom. The molecule has 1 fully saturated rings. The van der Waals surface area contributed by atoms with E-state index in [0.717, 1.165) is 28.6 Å². The van der Waals surface area contributed by atoms with E-state index in [1.54, 1.807) is 11.3 Å². The molecule has 1 aliphatic rings. The Morgan fingerprint density at radius 1 is 1.38 bits per heavy atom. The van der Waals surface area contributed by atoms with Crippen LogP contribution in [0.15, 0.2) is 23.7 Å². The van der Waals surface area contributed by atoms with Gasteiger partial charge in [0.15, 0.2) is 0 Å². The lowest BCUT2D eigenvalue weighted by molar-refractivity contribution is 0.151. The fourth-order valence-corrected chi connectivity index (χ4v) is 2.27. The molecule has 1 heterocycles. The van der Waals surface area contributed by atoms with Gasteiger partial charge in [0.05, 0.1) is 21.3 Å². The summed E-state index contributed by atoms with van der Waals surface area (Å²) in [5.74, 6) is 0. The number of fused-ring (bicyclic) bond motifs is 1. The first-order valence-electron chi connectivity index (χ1n) is 4.34. The Balaban J connectivity index is 2.20. The summed E-state index contributed by atoms with van der Waals surface area (Å²) in [5.41, 5.74) is 3.39. The molecule has 3 rings (SSSR count). The smallest absolute Gasteiger partial charge is 0.0899 e. The van der Waals surface area contributed by atoms with Gasteiger partial charge in [-0.15, -0.1) is 11.3 Å². The second kappa shape index (κ2) is 2.30. The number of benzene rings is 1. The first kappa shape index (κ1) is 7.47. The molecule has 0 spiro atoms. The normalized spacial score (nSPS) is 19.2. The molecular formula is C10H9NOS. The average molecular weight is 191 g/mol. The Kier molecular flexibility index (Phi) is 1.32. The van der Waals surface area contributed by atoms with Gasteiger partial charge < -0.3 is 5.11 Å². The summed E-state index contributed by atoms with van der Waals surface area (Å²) in [6.07, 6.45) is 1.80. The molecule has 0 amide bonds. The molecule has 0 bridgehead atoms. The van der Waals surface area contributed by atoms with Crippen molar-refractivity contribution in [3.8, 4) is 0 Å². The molecule has 2 aromatic rings. The highest BCUT2D eigenvalue weighted by molar-refractivity contribution is 7.16. The average Bonchev–Trinajstić information content (AvgIpc) is 2.74. The minimum atomic E-state index is -0.516. The first-order valence-corrected chi connectivity index (χ1v) is 5.22. The summed E-state index contributed by atoms with van der Waals surface area (Å²) in [7, 11) is 0. The highest BCUT2D eigenvalue weighted by atomic mass is 32.1. The van der Waals surface area contributed by atoms with Gasteiger partial charge >= 0.3 is 0 Å². The zero-order valence-corrected chi connectivity index (χ0v) is 7.84. The van der Waals surface area contributed by atoms with E-state index in [2.05, 4.69) is 11.1 Å². The number of hydrogen-bond acceptors (Lipinski definition) is 3. The maximum Gasteiger partial charge on any atom is 0.0899 e. The lowest BCUT2D eigenvalue weighted by Crippen LogP contribution is -2.02. The van der Waals surface area contributed by atoms with Gasteiger partial charge in [-0.05, 0) is 30.5 Å². The second-order valence-corrected chi connectivity index (χ2v) is 4.45. The van der Waals surface area contributed by atoms with Gasteiger partial charge in [0.1, 0.15) is 0 Å². The van der Waals surface area contributed by atoms with Crippen molar-refractivity contribution in [3.05, 3.63) is 29.3 Å². The monoisotopic (exact) mass is 191 g/mol. The molecule has 3 heteroatoms. The third kappa shape index (κ3) is 1.08.